The molecular formula is C71H29F6N11. The molecule has 88 heavy (non-hydrogen) atoms. The van der Waals surface area contributed by atoms with Crippen molar-refractivity contribution >= 4 is 43.6 Å². The van der Waals surface area contributed by atoms with E-state index >= 15 is 26.3 Å². The van der Waals surface area contributed by atoms with E-state index in [9.17, 15) is 47.4 Å². The van der Waals surface area contributed by atoms with E-state index in [-0.39, 0.29) is 72.5 Å². The smallest absolute Gasteiger partial charge is 0.309 e. The largest absolute Gasteiger partial charge is 0.417 e. The molecule has 410 valence electrons. The zero-order valence-corrected chi connectivity index (χ0v) is 44.9. The highest BCUT2D eigenvalue weighted by molar-refractivity contribution is 6.14. The van der Waals surface area contributed by atoms with E-state index in [1.807, 2.05) is 0 Å². The Morgan fingerprint density at radius 1 is 0.273 bits per heavy atom. The van der Waals surface area contributed by atoms with Gasteiger partial charge in [-0.2, -0.15) is 73.7 Å². The Labute approximate surface area is 495 Å². The zero-order chi connectivity index (χ0) is 61.9. The molecule has 0 aliphatic rings. The van der Waals surface area contributed by atoms with Crippen molar-refractivity contribution in [3.05, 3.63) is 237 Å². The van der Waals surface area contributed by atoms with Crippen molar-refractivity contribution in [1.29, 1.82) is 47.4 Å². The number of rotatable bonds is 7. The first-order valence-electron chi connectivity index (χ1n) is 26.3. The summed E-state index contributed by atoms with van der Waals surface area (Å²) in [7, 11) is 0. The minimum absolute atomic E-state index is 0.148. The predicted molar refractivity (Wildman–Crippen MR) is 315 cm³/mol. The molecule has 0 aliphatic carbocycles. The monoisotopic (exact) mass is 1150 g/mol. The van der Waals surface area contributed by atoms with Gasteiger partial charge in [0, 0.05) is 32.7 Å². The highest BCUT2D eigenvalue weighted by atomic mass is 19.4. The molecule has 2 aromatic heterocycles. The fraction of sp³-hybridized carbons (Fsp3) is 0.0282. The van der Waals surface area contributed by atoms with E-state index < -0.39 is 34.6 Å². The van der Waals surface area contributed by atoms with Crippen molar-refractivity contribution in [2.75, 3.05) is 0 Å². The molecule has 0 fully saturated rings. The Bertz CT molecular complexity index is 5080. The van der Waals surface area contributed by atoms with Gasteiger partial charge in [0.15, 0.2) is 0 Å². The summed E-state index contributed by atoms with van der Waals surface area (Å²) >= 11 is 0. The third-order valence-corrected chi connectivity index (χ3v) is 15.3. The lowest BCUT2D eigenvalue weighted by Crippen LogP contribution is -2.15. The molecular weight excluding hydrogens is 1120 g/mol. The molecule has 0 saturated carbocycles. The maximum Gasteiger partial charge on any atom is 0.417 e. The van der Waals surface area contributed by atoms with Gasteiger partial charge in [-0.1, -0.05) is 30.3 Å². The van der Waals surface area contributed by atoms with Crippen molar-refractivity contribution in [3.8, 4) is 122 Å². The molecule has 12 aromatic rings. The summed E-state index contributed by atoms with van der Waals surface area (Å²) < 4.78 is 97.9. The average molecular weight is 1150 g/mol. The van der Waals surface area contributed by atoms with E-state index in [0.717, 1.165) is 6.07 Å². The van der Waals surface area contributed by atoms with Gasteiger partial charge in [-0.25, -0.2) is 0 Å². The van der Waals surface area contributed by atoms with E-state index in [1.54, 1.807) is 126 Å². The van der Waals surface area contributed by atoms with Crippen LogP contribution in [0.3, 0.4) is 0 Å². The van der Waals surface area contributed by atoms with Crippen molar-refractivity contribution in [2.45, 2.75) is 12.4 Å². The lowest BCUT2D eigenvalue weighted by molar-refractivity contribution is -0.142. The van der Waals surface area contributed by atoms with E-state index in [1.165, 1.54) is 34.9 Å². The van der Waals surface area contributed by atoms with Gasteiger partial charge >= 0.3 is 12.4 Å². The summed E-state index contributed by atoms with van der Waals surface area (Å²) in [5.74, 6) is 0. The summed E-state index contributed by atoms with van der Waals surface area (Å²) in [5.41, 5.74) is 0.271. The Balaban J connectivity index is 1.22. The number of aromatic nitrogens is 2. The number of alkyl halides is 6. The van der Waals surface area contributed by atoms with Crippen LogP contribution in [-0.4, -0.2) is 9.13 Å². The minimum Gasteiger partial charge on any atom is -0.309 e. The van der Waals surface area contributed by atoms with Crippen molar-refractivity contribution in [3.63, 3.8) is 0 Å². The second-order valence-corrected chi connectivity index (χ2v) is 20.4. The molecule has 11 nitrogen and oxygen atoms in total. The first kappa shape index (κ1) is 55.3. The number of hydrogen-bond donors (Lipinski definition) is 0. The Morgan fingerprint density at radius 3 is 0.795 bits per heavy atom. The number of nitriles is 9. The molecule has 0 spiro atoms. The van der Waals surface area contributed by atoms with Gasteiger partial charge in [0.1, 0.15) is 6.07 Å². The van der Waals surface area contributed by atoms with Crippen LogP contribution in [0.2, 0.25) is 0 Å². The van der Waals surface area contributed by atoms with E-state index in [4.69, 9.17) is 0 Å². The van der Waals surface area contributed by atoms with Gasteiger partial charge in [-0.15, -0.1) is 0 Å². The molecule has 0 N–H and O–H groups in total. The summed E-state index contributed by atoms with van der Waals surface area (Å²) in [6.45, 7) is 0. The van der Waals surface area contributed by atoms with Crippen LogP contribution < -0.4 is 0 Å². The van der Waals surface area contributed by atoms with Crippen LogP contribution in [0, 0.1) is 102 Å². The Kier molecular flexibility index (Phi) is 13.3. The van der Waals surface area contributed by atoms with Gasteiger partial charge in [-0.3, -0.25) is 0 Å². The third-order valence-electron chi connectivity index (χ3n) is 15.3. The molecule has 0 radical (unpaired) electrons. The minimum atomic E-state index is -5.41. The number of nitrogens with zero attached hydrogens (tertiary/aromatic N) is 11. The number of fused-ring (bicyclic) bond motifs is 6. The van der Waals surface area contributed by atoms with Crippen molar-refractivity contribution in [2.24, 2.45) is 0 Å². The fourth-order valence-corrected chi connectivity index (χ4v) is 11.5. The molecule has 0 bridgehead atoms. The van der Waals surface area contributed by atoms with Crippen LogP contribution in [0.1, 0.15) is 61.2 Å². The number of benzene rings is 10. The Hall–Kier alpha value is -13.2. The summed E-state index contributed by atoms with van der Waals surface area (Å²) in [6, 6.07) is 60.8. The van der Waals surface area contributed by atoms with Crippen molar-refractivity contribution < 1.29 is 26.3 Å². The van der Waals surface area contributed by atoms with E-state index in [0.29, 0.717) is 95.3 Å². The van der Waals surface area contributed by atoms with Gasteiger partial charge < -0.3 is 9.13 Å². The predicted octanol–water partition coefficient (Wildman–Crippen LogP) is 17.1. The normalized spacial score (nSPS) is 11.2. The van der Waals surface area contributed by atoms with Crippen LogP contribution in [0.25, 0.3) is 111 Å². The number of hydrogen-bond acceptors (Lipinski definition) is 9. The standard InChI is InChI=1S/C71H29F6N11/c72-70(73,74)61-2-1-3-62(71(75,76)77)69(61)60-29-67(87-63-8-4-47(51-16-39(30-78)12-40(17-51)31-79)24-56(63)57-25-48(5-9-64(57)87)52-18-41(32-80)13-42(19-52)33-81)55(38-86)28-68(60)88-65-10-6-49(53-20-43(34-82)14-44(21-53)35-83)26-58(65)59-27-50(7-11-66(59)88)54-22-45(36-84)15-46(23-54)37-85/h1-29H. The van der Waals surface area contributed by atoms with Crippen LogP contribution in [0.4, 0.5) is 26.3 Å². The third kappa shape index (κ3) is 9.49. The second kappa shape index (κ2) is 21.2. The summed E-state index contributed by atoms with van der Waals surface area (Å²) in [5, 5.41) is 92.6. The van der Waals surface area contributed by atoms with Crippen LogP contribution >= 0.6 is 0 Å². The lowest BCUT2D eigenvalue weighted by atomic mass is 9.90. The molecule has 0 saturated heterocycles. The molecule has 12 rings (SSSR count). The highest BCUT2D eigenvalue weighted by Gasteiger charge is 2.42. The second-order valence-electron chi connectivity index (χ2n) is 20.4. The topological polar surface area (TPSA) is 224 Å². The summed E-state index contributed by atoms with van der Waals surface area (Å²) in [6.07, 6.45) is -10.8. The first-order chi connectivity index (χ1) is 42.4. The molecule has 0 unspecified atom stereocenters. The quantitative estimate of drug-likeness (QED) is 0.138. The fourth-order valence-electron chi connectivity index (χ4n) is 11.5. The molecule has 10 aromatic carbocycles. The van der Waals surface area contributed by atoms with E-state index in [2.05, 4.69) is 54.6 Å². The Morgan fingerprint density at radius 2 is 0.545 bits per heavy atom. The van der Waals surface area contributed by atoms with Gasteiger partial charge in [0.2, 0.25) is 0 Å². The SMILES string of the molecule is N#Cc1cc(C#N)cc(-c2ccc3c(c2)c2cc(-c4cc(C#N)cc(C#N)c4)ccc2n3-c2cc(-c3c(C(F)(F)F)cccc3C(F)(F)F)c(-n3c4ccc(-c5cc(C#N)cc(C#N)c5)cc4c4cc(-c5cc(C#N)cc(C#N)c5)ccc43)cc2C#N)c1. The lowest BCUT2D eigenvalue weighted by Gasteiger charge is -2.24. The maximum absolute atomic E-state index is 15.8. The molecule has 0 atom stereocenters. The van der Waals surface area contributed by atoms with Crippen LogP contribution in [0.5, 0.6) is 0 Å². The van der Waals surface area contributed by atoms with Gasteiger partial charge in [0.05, 0.1) is 143 Å². The molecule has 0 aliphatic heterocycles. The number of halogens is 6. The molecule has 2 heterocycles. The van der Waals surface area contributed by atoms with Crippen LogP contribution in [0.15, 0.2) is 176 Å². The maximum atomic E-state index is 15.8. The van der Waals surface area contributed by atoms with Gasteiger partial charge in [-0.05, 0) is 190 Å². The summed E-state index contributed by atoms with van der Waals surface area (Å²) in [4.78, 5) is 0. The molecule has 17 heteroatoms. The first-order valence-corrected chi connectivity index (χ1v) is 26.3. The van der Waals surface area contributed by atoms with Crippen molar-refractivity contribution in [1.82, 2.24) is 9.13 Å². The molecule has 0 amide bonds. The highest BCUT2D eigenvalue weighted by Crippen LogP contribution is 2.50. The zero-order valence-electron chi connectivity index (χ0n) is 44.9. The average Bonchev–Trinajstić information content (AvgIpc) is 1.51. The van der Waals surface area contributed by atoms with Gasteiger partial charge in [0.25, 0.3) is 0 Å². The van der Waals surface area contributed by atoms with Crippen LogP contribution in [-0.2, 0) is 12.4 Å².